The molecule has 0 unspecified atom stereocenters. The molecule has 0 bridgehead atoms. The Kier molecular flexibility index (Phi) is 4.13. The second-order valence-electron chi connectivity index (χ2n) is 4.50. The summed E-state index contributed by atoms with van der Waals surface area (Å²) in [5.74, 6) is 0.676. The van der Waals surface area contributed by atoms with E-state index < -0.39 is 4.92 Å². The highest BCUT2D eigenvalue weighted by Crippen LogP contribution is 2.26. The Labute approximate surface area is 114 Å². The van der Waals surface area contributed by atoms with Gasteiger partial charge < -0.3 is 10.2 Å². The van der Waals surface area contributed by atoms with Gasteiger partial charge in [-0.2, -0.15) is 0 Å². The molecule has 0 aliphatic carbocycles. The Balaban J connectivity index is 2.03. The molecular weight excluding hydrogens is 300 g/mol. The summed E-state index contributed by atoms with van der Waals surface area (Å²) in [5, 5.41) is 13.9. The first-order valence-corrected chi connectivity index (χ1v) is 6.60. The van der Waals surface area contributed by atoms with E-state index in [2.05, 4.69) is 38.2 Å². The Hall–Kier alpha value is -1.21. The molecule has 0 aromatic carbocycles. The third-order valence-electron chi connectivity index (χ3n) is 3.10. The molecule has 2 heterocycles. The molecule has 0 saturated carbocycles. The number of hydrogen-bond donors (Lipinski definition) is 1. The highest BCUT2D eigenvalue weighted by Gasteiger charge is 2.18. The quantitative estimate of drug-likeness (QED) is 0.684. The van der Waals surface area contributed by atoms with Crippen LogP contribution in [-0.4, -0.2) is 41.0 Å². The van der Waals surface area contributed by atoms with E-state index in [4.69, 9.17) is 0 Å². The van der Waals surface area contributed by atoms with Gasteiger partial charge in [0.25, 0.3) is 5.69 Å². The SMILES string of the molecule is CN1CCC(Nc2ncc([N+](=O)[O-])cc2Br)CC1. The maximum absolute atomic E-state index is 10.6. The van der Waals surface area contributed by atoms with Crippen molar-refractivity contribution >= 4 is 27.4 Å². The molecule has 1 saturated heterocycles. The number of aromatic nitrogens is 1. The molecule has 1 aromatic heterocycles. The molecule has 1 N–H and O–H groups in total. The van der Waals surface area contributed by atoms with Crippen LogP contribution in [0.2, 0.25) is 0 Å². The van der Waals surface area contributed by atoms with Crippen LogP contribution in [0.4, 0.5) is 11.5 Å². The van der Waals surface area contributed by atoms with Gasteiger partial charge in [0.15, 0.2) is 0 Å². The predicted octanol–water partition coefficient (Wildman–Crippen LogP) is 2.26. The normalized spacial score (nSPS) is 17.7. The van der Waals surface area contributed by atoms with Crippen molar-refractivity contribution in [2.75, 3.05) is 25.5 Å². The number of nitrogens with zero attached hydrogens (tertiary/aromatic N) is 3. The van der Waals surface area contributed by atoms with Crippen molar-refractivity contribution in [3.63, 3.8) is 0 Å². The summed E-state index contributed by atoms with van der Waals surface area (Å²) in [7, 11) is 2.11. The molecule has 0 amide bonds. The van der Waals surface area contributed by atoms with E-state index in [9.17, 15) is 10.1 Å². The number of pyridine rings is 1. The Bertz CT molecular complexity index is 447. The fourth-order valence-electron chi connectivity index (χ4n) is 1.98. The molecule has 1 aliphatic heterocycles. The average molecular weight is 315 g/mol. The fraction of sp³-hybridized carbons (Fsp3) is 0.545. The van der Waals surface area contributed by atoms with Crippen molar-refractivity contribution in [2.45, 2.75) is 18.9 Å². The smallest absolute Gasteiger partial charge is 0.288 e. The summed E-state index contributed by atoms with van der Waals surface area (Å²) in [6.07, 6.45) is 3.39. The molecule has 6 nitrogen and oxygen atoms in total. The van der Waals surface area contributed by atoms with Gasteiger partial charge >= 0.3 is 0 Å². The van der Waals surface area contributed by atoms with Crippen molar-refractivity contribution in [1.29, 1.82) is 0 Å². The number of nitrogens with one attached hydrogen (secondary N) is 1. The van der Waals surface area contributed by atoms with Crippen LogP contribution < -0.4 is 5.32 Å². The summed E-state index contributed by atoms with van der Waals surface area (Å²) >= 11 is 3.31. The van der Waals surface area contributed by atoms with Gasteiger partial charge in [0.1, 0.15) is 12.0 Å². The van der Waals surface area contributed by atoms with Gasteiger partial charge in [-0.15, -0.1) is 0 Å². The van der Waals surface area contributed by atoms with Crippen LogP contribution in [0.25, 0.3) is 0 Å². The Morgan fingerprint density at radius 1 is 1.56 bits per heavy atom. The highest BCUT2D eigenvalue weighted by atomic mass is 79.9. The molecule has 18 heavy (non-hydrogen) atoms. The predicted molar refractivity (Wildman–Crippen MR) is 72.7 cm³/mol. The Morgan fingerprint density at radius 3 is 2.78 bits per heavy atom. The number of nitro groups is 1. The van der Waals surface area contributed by atoms with Gasteiger partial charge in [0.2, 0.25) is 0 Å². The van der Waals surface area contributed by atoms with Gasteiger partial charge in [-0.3, -0.25) is 10.1 Å². The molecule has 0 radical (unpaired) electrons. The largest absolute Gasteiger partial charge is 0.366 e. The zero-order chi connectivity index (χ0) is 13.1. The van der Waals surface area contributed by atoms with Crippen LogP contribution in [0.3, 0.4) is 0 Å². The number of piperidine rings is 1. The molecule has 7 heteroatoms. The summed E-state index contributed by atoms with van der Waals surface area (Å²) in [6, 6.07) is 1.86. The molecule has 2 rings (SSSR count). The zero-order valence-electron chi connectivity index (χ0n) is 10.1. The van der Waals surface area contributed by atoms with Gasteiger partial charge in [0, 0.05) is 12.1 Å². The molecular formula is C11H15BrN4O2. The van der Waals surface area contributed by atoms with E-state index in [-0.39, 0.29) is 5.69 Å². The van der Waals surface area contributed by atoms with Crippen LogP contribution >= 0.6 is 15.9 Å². The summed E-state index contributed by atoms with van der Waals surface area (Å²) in [6.45, 7) is 2.12. The number of halogens is 1. The van der Waals surface area contributed by atoms with Crippen LogP contribution in [0.15, 0.2) is 16.7 Å². The standard InChI is InChI=1S/C11H15BrN4O2/c1-15-4-2-8(3-5-15)14-11-10(12)6-9(7-13-11)16(17)18/h6-8H,2-5H2,1H3,(H,13,14). The second kappa shape index (κ2) is 5.62. The van der Waals surface area contributed by atoms with Crippen molar-refractivity contribution < 1.29 is 4.92 Å². The summed E-state index contributed by atoms with van der Waals surface area (Å²) in [5.41, 5.74) is -0.00389. The van der Waals surface area contributed by atoms with E-state index >= 15 is 0 Å². The monoisotopic (exact) mass is 314 g/mol. The number of hydrogen-bond acceptors (Lipinski definition) is 5. The lowest BCUT2D eigenvalue weighted by atomic mass is 10.1. The molecule has 1 aliphatic rings. The number of anilines is 1. The van der Waals surface area contributed by atoms with Crippen molar-refractivity contribution in [1.82, 2.24) is 9.88 Å². The van der Waals surface area contributed by atoms with Gasteiger partial charge in [-0.25, -0.2) is 4.98 Å². The third-order valence-corrected chi connectivity index (χ3v) is 3.70. The first kappa shape index (κ1) is 13.2. The van der Waals surface area contributed by atoms with Gasteiger partial charge in [0.05, 0.1) is 9.40 Å². The Morgan fingerprint density at radius 2 is 2.22 bits per heavy atom. The zero-order valence-corrected chi connectivity index (χ0v) is 11.7. The summed E-state index contributed by atoms with van der Waals surface area (Å²) < 4.78 is 0.635. The van der Waals surface area contributed by atoms with Crippen LogP contribution in [0, 0.1) is 10.1 Å². The average Bonchev–Trinajstić information content (AvgIpc) is 2.34. The molecule has 1 aromatic rings. The lowest BCUT2D eigenvalue weighted by Crippen LogP contribution is -2.36. The molecule has 0 atom stereocenters. The van der Waals surface area contributed by atoms with E-state index in [1.54, 1.807) is 0 Å². The van der Waals surface area contributed by atoms with Gasteiger partial charge in [-0.05, 0) is 48.9 Å². The van der Waals surface area contributed by atoms with Crippen molar-refractivity contribution in [3.8, 4) is 0 Å². The van der Waals surface area contributed by atoms with E-state index in [1.165, 1.54) is 12.3 Å². The minimum Gasteiger partial charge on any atom is -0.366 e. The first-order chi connectivity index (χ1) is 8.56. The van der Waals surface area contributed by atoms with Crippen LogP contribution in [-0.2, 0) is 0 Å². The van der Waals surface area contributed by atoms with Gasteiger partial charge in [-0.1, -0.05) is 0 Å². The lowest BCUT2D eigenvalue weighted by molar-refractivity contribution is -0.385. The minimum absolute atomic E-state index is 0.00389. The number of rotatable bonds is 3. The van der Waals surface area contributed by atoms with Crippen LogP contribution in [0.1, 0.15) is 12.8 Å². The summed E-state index contributed by atoms with van der Waals surface area (Å²) in [4.78, 5) is 16.5. The van der Waals surface area contributed by atoms with Crippen LogP contribution in [0.5, 0.6) is 0 Å². The molecule has 1 fully saturated rings. The lowest BCUT2D eigenvalue weighted by Gasteiger charge is -2.29. The maximum atomic E-state index is 10.6. The highest BCUT2D eigenvalue weighted by molar-refractivity contribution is 9.10. The minimum atomic E-state index is -0.447. The van der Waals surface area contributed by atoms with E-state index in [0.29, 0.717) is 16.3 Å². The second-order valence-corrected chi connectivity index (χ2v) is 5.36. The van der Waals surface area contributed by atoms with Crippen molar-refractivity contribution in [3.05, 3.63) is 26.9 Å². The number of likely N-dealkylation sites (tertiary alicyclic amines) is 1. The first-order valence-electron chi connectivity index (χ1n) is 5.81. The van der Waals surface area contributed by atoms with E-state index in [1.807, 2.05) is 0 Å². The third kappa shape index (κ3) is 3.17. The van der Waals surface area contributed by atoms with E-state index in [0.717, 1.165) is 25.9 Å². The fourth-order valence-corrected chi connectivity index (χ4v) is 2.43. The van der Waals surface area contributed by atoms with Crippen molar-refractivity contribution in [2.24, 2.45) is 0 Å². The topological polar surface area (TPSA) is 71.3 Å². The maximum Gasteiger partial charge on any atom is 0.288 e. The molecule has 98 valence electrons. The molecule has 0 spiro atoms.